The van der Waals surface area contributed by atoms with Gasteiger partial charge >= 0.3 is 0 Å². The summed E-state index contributed by atoms with van der Waals surface area (Å²) in [5, 5.41) is 0. The molecule has 0 radical (unpaired) electrons. The fraction of sp³-hybridized carbons (Fsp3) is 0.478. The predicted molar refractivity (Wildman–Crippen MR) is 125 cm³/mol. The number of hydrogen-bond donors (Lipinski definition) is 0. The van der Waals surface area contributed by atoms with Gasteiger partial charge in [0, 0.05) is 10.6 Å². The number of aryl methyl sites for hydroxylation is 1. The van der Waals surface area contributed by atoms with Crippen molar-refractivity contribution in [1.82, 2.24) is 4.90 Å². The number of nitrogens with zero attached hydrogens (tertiary/aromatic N) is 1. The summed E-state index contributed by atoms with van der Waals surface area (Å²) >= 11 is 1.93. The molecule has 1 aliphatic heterocycles. The van der Waals surface area contributed by atoms with E-state index < -0.39 is 0 Å². The minimum Gasteiger partial charge on any atom is -0.493 e. The monoisotopic (exact) mass is 453 g/mol. The molecule has 3 rings (SSSR count). The van der Waals surface area contributed by atoms with Crippen LogP contribution < -0.4 is 14.2 Å². The lowest BCUT2D eigenvalue weighted by atomic mass is 9.85. The number of hydrogen-bond acceptors (Lipinski definition) is 6. The summed E-state index contributed by atoms with van der Waals surface area (Å²) in [6.45, 7) is 3.24. The minimum absolute atomic E-state index is 0. The van der Waals surface area contributed by atoms with Crippen molar-refractivity contribution in [3.8, 4) is 17.2 Å². The summed E-state index contributed by atoms with van der Waals surface area (Å²) in [6.07, 6.45) is 1.05. The van der Waals surface area contributed by atoms with E-state index in [0.29, 0.717) is 30.5 Å². The summed E-state index contributed by atoms with van der Waals surface area (Å²) in [7, 11) is 9.15. The highest BCUT2D eigenvalue weighted by atomic mass is 35.5. The topological polar surface area (TPSA) is 40.2 Å². The molecule has 2 aromatic carbocycles. The number of thioether (sulfide) groups is 1. The van der Waals surface area contributed by atoms with E-state index in [1.54, 1.807) is 21.3 Å². The molecule has 0 N–H and O–H groups in total. The smallest absolute Gasteiger partial charge is 0.203 e. The molecule has 7 heteroatoms. The number of likely N-dealkylation sites (N-methyl/N-ethyl adjacent to an activating group) is 1. The largest absolute Gasteiger partial charge is 0.493 e. The van der Waals surface area contributed by atoms with E-state index in [2.05, 4.69) is 44.1 Å². The first kappa shape index (κ1) is 24.7. The first-order valence-corrected chi connectivity index (χ1v) is 10.7. The van der Waals surface area contributed by atoms with Crippen LogP contribution in [0.25, 0.3) is 0 Å². The highest BCUT2D eigenvalue weighted by Crippen LogP contribution is 2.44. The van der Waals surface area contributed by atoms with Crippen molar-refractivity contribution in [3.63, 3.8) is 0 Å². The number of methoxy groups -OCH3 is 3. The molecule has 0 aromatic heterocycles. The van der Waals surface area contributed by atoms with E-state index in [4.69, 9.17) is 18.9 Å². The Bertz CT molecular complexity index is 836. The van der Waals surface area contributed by atoms with Crippen LogP contribution in [0.5, 0.6) is 17.2 Å². The zero-order valence-electron chi connectivity index (χ0n) is 18.6. The maximum Gasteiger partial charge on any atom is 0.203 e. The highest BCUT2D eigenvalue weighted by molar-refractivity contribution is 7.99. The van der Waals surface area contributed by atoms with Crippen LogP contribution in [0.4, 0.5) is 0 Å². The molecule has 0 amide bonds. The van der Waals surface area contributed by atoms with Gasteiger partial charge in [-0.15, -0.1) is 24.2 Å². The third kappa shape index (κ3) is 4.83. The second kappa shape index (κ2) is 10.6. The van der Waals surface area contributed by atoms with Crippen LogP contribution in [0.3, 0.4) is 0 Å². The summed E-state index contributed by atoms with van der Waals surface area (Å²) in [4.78, 5) is 3.66. The van der Waals surface area contributed by atoms with Crippen LogP contribution in [0.2, 0.25) is 0 Å². The van der Waals surface area contributed by atoms with Gasteiger partial charge in [0.1, 0.15) is 0 Å². The third-order valence-corrected chi connectivity index (χ3v) is 6.68. The van der Waals surface area contributed by atoms with E-state index in [0.717, 1.165) is 17.7 Å². The Morgan fingerprint density at radius 3 is 2.23 bits per heavy atom. The lowest BCUT2D eigenvalue weighted by molar-refractivity contribution is 0.000143. The van der Waals surface area contributed by atoms with Crippen LogP contribution in [-0.4, -0.2) is 52.7 Å². The van der Waals surface area contributed by atoms with E-state index in [-0.39, 0.29) is 17.9 Å². The molecule has 1 unspecified atom stereocenters. The molecule has 1 atom stereocenters. The quantitative estimate of drug-likeness (QED) is 0.565. The van der Waals surface area contributed by atoms with E-state index >= 15 is 0 Å². The summed E-state index contributed by atoms with van der Waals surface area (Å²) < 4.78 is 22.6. The third-order valence-electron chi connectivity index (χ3n) is 5.60. The fourth-order valence-electron chi connectivity index (χ4n) is 3.90. The number of halogens is 1. The van der Waals surface area contributed by atoms with Crippen molar-refractivity contribution in [1.29, 1.82) is 0 Å². The Labute approximate surface area is 190 Å². The second-order valence-electron chi connectivity index (χ2n) is 7.55. The van der Waals surface area contributed by atoms with Crippen molar-refractivity contribution in [2.24, 2.45) is 0 Å². The van der Waals surface area contributed by atoms with Gasteiger partial charge in [-0.3, -0.25) is 4.90 Å². The maximum absolute atomic E-state index is 6.29. The minimum atomic E-state index is -0.132. The van der Waals surface area contributed by atoms with Gasteiger partial charge in [0.2, 0.25) is 5.75 Å². The number of benzene rings is 2. The van der Waals surface area contributed by atoms with E-state index in [9.17, 15) is 0 Å². The van der Waals surface area contributed by atoms with Crippen LogP contribution in [0.1, 0.15) is 23.1 Å². The Morgan fingerprint density at radius 1 is 1.00 bits per heavy atom. The van der Waals surface area contributed by atoms with Gasteiger partial charge in [0.25, 0.3) is 0 Å². The van der Waals surface area contributed by atoms with Crippen LogP contribution in [-0.2, 0) is 16.9 Å². The number of rotatable bonds is 8. The molecule has 2 aromatic rings. The second-order valence-corrected chi connectivity index (χ2v) is 8.69. The Morgan fingerprint density at radius 2 is 1.67 bits per heavy atom. The van der Waals surface area contributed by atoms with Gasteiger partial charge in [0.05, 0.1) is 40.1 Å². The molecule has 0 saturated heterocycles. The van der Waals surface area contributed by atoms with Crippen molar-refractivity contribution < 1.29 is 18.9 Å². The van der Waals surface area contributed by atoms with Gasteiger partial charge < -0.3 is 18.9 Å². The first-order valence-electron chi connectivity index (χ1n) is 9.73. The average Bonchev–Trinajstić information content (AvgIpc) is 2.72. The predicted octanol–water partition coefficient (Wildman–Crippen LogP) is 4.91. The van der Waals surface area contributed by atoms with Crippen LogP contribution in [0.15, 0.2) is 35.2 Å². The maximum atomic E-state index is 6.29. The van der Waals surface area contributed by atoms with E-state index in [1.807, 2.05) is 23.9 Å². The molecular weight excluding hydrogens is 422 g/mol. The summed E-state index contributed by atoms with van der Waals surface area (Å²) in [5.74, 6) is 2.96. The highest BCUT2D eigenvalue weighted by Gasteiger charge is 2.39. The van der Waals surface area contributed by atoms with Gasteiger partial charge in [-0.1, -0.05) is 17.7 Å². The van der Waals surface area contributed by atoms with Crippen molar-refractivity contribution in [2.45, 2.75) is 30.4 Å². The van der Waals surface area contributed by atoms with Gasteiger partial charge in [-0.2, -0.15) is 0 Å². The molecule has 5 nitrogen and oxygen atoms in total. The zero-order valence-corrected chi connectivity index (χ0v) is 20.2. The first-order chi connectivity index (χ1) is 13.9. The molecule has 0 saturated carbocycles. The molecule has 0 bridgehead atoms. The molecule has 0 spiro atoms. The van der Waals surface area contributed by atoms with Crippen LogP contribution in [0, 0.1) is 6.92 Å². The van der Waals surface area contributed by atoms with Crippen molar-refractivity contribution in [2.75, 3.05) is 47.8 Å². The normalized spacial score (nSPS) is 17.8. The number of fused-ring (bicyclic) bond motifs is 1. The molecule has 1 aliphatic rings. The SMILES string of the molecule is COc1cc(COCC2(N(C)C)CCSc3ccc(C)cc32)cc(OC)c1OC.Cl. The molecule has 1 heterocycles. The van der Waals surface area contributed by atoms with E-state index in [1.165, 1.54) is 16.0 Å². The summed E-state index contributed by atoms with van der Waals surface area (Å²) in [6, 6.07) is 10.6. The Balaban J connectivity index is 0.00000320. The lowest BCUT2D eigenvalue weighted by Crippen LogP contribution is -2.47. The number of ether oxygens (including phenoxy) is 4. The molecule has 0 fully saturated rings. The molecular formula is C23H32ClNO4S. The fourth-order valence-corrected chi connectivity index (χ4v) is 5.13. The Kier molecular flexibility index (Phi) is 8.73. The van der Waals surface area contributed by atoms with Gasteiger partial charge in [0.15, 0.2) is 11.5 Å². The summed E-state index contributed by atoms with van der Waals surface area (Å²) in [5.41, 5.74) is 3.50. The Hall–Kier alpha value is -1.60. The standard InChI is InChI=1S/C23H31NO4S.ClH/c1-16-7-8-21-18(11-16)23(24(2)3,9-10-29-21)15-28-14-17-12-19(25-4)22(27-6)20(13-17)26-5;/h7-8,11-13H,9-10,14-15H2,1-6H3;1H. The lowest BCUT2D eigenvalue weighted by Gasteiger charge is -2.44. The average molecular weight is 454 g/mol. The van der Waals surface area contributed by atoms with Gasteiger partial charge in [-0.25, -0.2) is 0 Å². The molecule has 166 valence electrons. The van der Waals surface area contributed by atoms with Gasteiger partial charge in [-0.05, 0) is 56.8 Å². The molecule has 0 aliphatic carbocycles. The molecule has 30 heavy (non-hydrogen) atoms. The van der Waals surface area contributed by atoms with Crippen molar-refractivity contribution >= 4 is 24.2 Å². The van der Waals surface area contributed by atoms with Crippen LogP contribution >= 0.6 is 24.2 Å². The zero-order chi connectivity index (χ0) is 21.0. The van der Waals surface area contributed by atoms with Crippen molar-refractivity contribution in [3.05, 3.63) is 47.0 Å².